The molecule has 0 saturated carbocycles. The maximum atomic E-state index is 12.4. The van der Waals surface area contributed by atoms with Crippen molar-refractivity contribution in [3.8, 4) is 0 Å². The van der Waals surface area contributed by atoms with Crippen molar-refractivity contribution in [1.82, 2.24) is 14.7 Å². The third-order valence-corrected chi connectivity index (χ3v) is 3.64. The number of hydrogen-bond donors (Lipinski definition) is 1. The molecule has 0 unspecified atom stereocenters. The van der Waals surface area contributed by atoms with Gasteiger partial charge in [-0.15, -0.1) is 0 Å². The first-order valence-electron chi connectivity index (χ1n) is 6.50. The normalized spacial score (nSPS) is 22.8. The average molecular weight is 265 g/mol. The second-order valence-corrected chi connectivity index (χ2v) is 5.12. The van der Waals surface area contributed by atoms with Crippen molar-refractivity contribution >= 4 is 11.9 Å². The van der Waals surface area contributed by atoms with E-state index in [-0.39, 0.29) is 18.4 Å². The number of carboxylic acids is 1. The first-order chi connectivity index (χ1) is 8.93. The SMILES string of the molecule is CCn1nc(C)cc1C(=O)N1C[C@@H](C)[C@H](C(=O)O)C1. The van der Waals surface area contributed by atoms with Crippen molar-refractivity contribution in [2.24, 2.45) is 11.8 Å². The smallest absolute Gasteiger partial charge is 0.308 e. The van der Waals surface area contributed by atoms with E-state index in [4.69, 9.17) is 5.11 Å². The van der Waals surface area contributed by atoms with Crippen LogP contribution in [-0.4, -0.2) is 44.8 Å². The number of hydrogen-bond acceptors (Lipinski definition) is 3. The molecule has 2 rings (SSSR count). The third-order valence-electron chi connectivity index (χ3n) is 3.64. The number of carbonyl (C=O) groups excluding carboxylic acids is 1. The topological polar surface area (TPSA) is 75.4 Å². The summed E-state index contributed by atoms with van der Waals surface area (Å²) in [6, 6.07) is 1.75. The minimum absolute atomic E-state index is 0.0134. The van der Waals surface area contributed by atoms with Crippen molar-refractivity contribution in [2.75, 3.05) is 13.1 Å². The molecule has 0 bridgehead atoms. The molecule has 1 amide bonds. The van der Waals surface area contributed by atoms with Crippen LogP contribution in [0, 0.1) is 18.8 Å². The standard InChI is InChI=1S/C13H19N3O3/c1-4-16-11(5-9(3)14-16)12(17)15-6-8(2)10(7-15)13(18)19/h5,8,10H,4,6-7H2,1-3H3,(H,18,19)/t8-,10-/m1/s1. The molecule has 1 aromatic heterocycles. The van der Waals surface area contributed by atoms with Crippen LogP contribution in [0.1, 0.15) is 30.0 Å². The summed E-state index contributed by atoms with van der Waals surface area (Å²) in [5, 5.41) is 13.4. The third kappa shape index (κ3) is 2.47. The van der Waals surface area contributed by atoms with Crippen LogP contribution < -0.4 is 0 Å². The number of aryl methyl sites for hydroxylation is 2. The minimum Gasteiger partial charge on any atom is -0.481 e. The van der Waals surface area contributed by atoms with Crippen molar-refractivity contribution in [1.29, 1.82) is 0 Å². The van der Waals surface area contributed by atoms with Crippen molar-refractivity contribution < 1.29 is 14.7 Å². The van der Waals surface area contributed by atoms with Gasteiger partial charge >= 0.3 is 5.97 Å². The quantitative estimate of drug-likeness (QED) is 0.884. The molecule has 104 valence electrons. The fourth-order valence-electron chi connectivity index (χ4n) is 2.57. The molecule has 2 heterocycles. The zero-order chi connectivity index (χ0) is 14.2. The van der Waals surface area contributed by atoms with Gasteiger partial charge in [0, 0.05) is 19.6 Å². The van der Waals surface area contributed by atoms with Crippen molar-refractivity contribution in [2.45, 2.75) is 27.3 Å². The van der Waals surface area contributed by atoms with E-state index in [1.165, 1.54) is 0 Å². The van der Waals surface area contributed by atoms with Gasteiger partial charge in [0.05, 0.1) is 11.6 Å². The van der Waals surface area contributed by atoms with Gasteiger partial charge in [0.2, 0.25) is 0 Å². The molecule has 1 saturated heterocycles. The van der Waals surface area contributed by atoms with E-state index in [2.05, 4.69) is 5.10 Å². The molecule has 1 N–H and O–H groups in total. The van der Waals surface area contributed by atoms with Gasteiger partial charge < -0.3 is 10.0 Å². The van der Waals surface area contributed by atoms with Gasteiger partial charge in [0.25, 0.3) is 5.91 Å². The molecule has 1 fully saturated rings. The van der Waals surface area contributed by atoms with E-state index < -0.39 is 11.9 Å². The molecule has 19 heavy (non-hydrogen) atoms. The average Bonchev–Trinajstić information content (AvgIpc) is 2.91. The molecule has 1 aliphatic heterocycles. The van der Waals surface area contributed by atoms with Crippen LogP contribution in [0.3, 0.4) is 0 Å². The second-order valence-electron chi connectivity index (χ2n) is 5.12. The number of aromatic nitrogens is 2. The Balaban J connectivity index is 2.19. The predicted octanol–water partition coefficient (Wildman–Crippen LogP) is 1.00. The van der Waals surface area contributed by atoms with Crippen LogP contribution in [0.25, 0.3) is 0 Å². The van der Waals surface area contributed by atoms with E-state index in [0.717, 1.165) is 5.69 Å². The van der Waals surface area contributed by atoms with E-state index in [0.29, 0.717) is 18.8 Å². The molecule has 0 aromatic carbocycles. The minimum atomic E-state index is -0.831. The summed E-state index contributed by atoms with van der Waals surface area (Å²) < 4.78 is 1.66. The molecule has 6 heteroatoms. The van der Waals surface area contributed by atoms with Crippen LogP contribution in [0.5, 0.6) is 0 Å². The lowest BCUT2D eigenvalue weighted by Gasteiger charge is -2.16. The summed E-state index contributed by atoms with van der Waals surface area (Å²) in [7, 11) is 0. The van der Waals surface area contributed by atoms with Crippen molar-refractivity contribution in [3.63, 3.8) is 0 Å². The zero-order valence-corrected chi connectivity index (χ0v) is 11.5. The largest absolute Gasteiger partial charge is 0.481 e. The molecule has 2 atom stereocenters. The highest BCUT2D eigenvalue weighted by atomic mass is 16.4. The van der Waals surface area contributed by atoms with Crippen molar-refractivity contribution in [3.05, 3.63) is 17.5 Å². The first-order valence-corrected chi connectivity index (χ1v) is 6.50. The molecular weight excluding hydrogens is 246 g/mol. The van der Waals surface area contributed by atoms with Gasteiger partial charge in [-0.25, -0.2) is 0 Å². The van der Waals surface area contributed by atoms with Crippen LogP contribution in [0.4, 0.5) is 0 Å². The highest BCUT2D eigenvalue weighted by Gasteiger charge is 2.37. The summed E-state index contributed by atoms with van der Waals surface area (Å²) in [5.74, 6) is -1.44. The van der Waals surface area contributed by atoms with E-state index in [1.807, 2.05) is 20.8 Å². The number of nitrogens with zero attached hydrogens (tertiary/aromatic N) is 3. The Bertz CT molecular complexity index is 509. The lowest BCUT2D eigenvalue weighted by atomic mass is 9.99. The molecule has 1 aliphatic rings. The van der Waals surface area contributed by atoms with Gasteiger partial charge in [0.1, 0.15) is 5.69 Å². The van der Waals surface area contributed by atoms with Gasteiger partial charge in [0.15, 0.2) is 0 Å². The molecule has 6 nitrogen and oxygen atoms in total. The Morgan fingerprint density at radius 2 is 2.16 bits per heavy atom. The second kappa shape index (κ2) is 5.03. The first kappa shape index (κ1) is 13.6. The fraction of sp³-hybridized carbons (Fsp3) is 0.615. The Kier molecular flexibility index (Phi) is 3.59. The number of amides is 1. The van der Waals surface area contributed by atoms with Gasteiger partial charge in [-0.1, -0.05) is 6.92 Å². The molecule has 1 aromatic rings. The highest BCUT2D eigenvalue weighted by molar-refractivity contribution is 5.93. The van der Waals surface area contributed by atoms with Gasteiger partial charge in [-0.3, -0.25) is 14.3 Å². The van der Waals surface area contributed by atoms with Crippen LogP contribution in [-0.2, 0) is 11.3 Å². The maximum absolute atomic E-state index is 12.4. The Labute approximate surface area is 112 Å². The van der Waals surface area contributed by atoms with E-state index >= 15 is 0 Å². The molecule has 0 spiro atoms. The van der Waals surface area contributed by atoms with E-state index in [9.17, 15) is 9.59 Å². The number of aliphatic carboxylic acids is 1. The predicted molar refractivity (Wildman–Crippen MR) is 68.8 cm³/mol. The molecule has 0 radical (unpaired) electrons. The molecule has 0 aliphatic carbocycles. The lowest BCUT2D eigenvalue weighted by molar-refractivity contribution is -0.142. The highest BCUT2D eigenvalue weighted by Crippen LogP contribution is 2.24. The number of carboxylic acid groups (broad SMARTS) is 1. The van der Waals surface area contributed by atoms with Crippen LogP contribution in [0.2, 0.25) is 0 Å². The lowest BCUT2D eigenvalue weighted by Crippen LogP contribution is -2.31. The van der Waals surface area contributed by atoms with Gasteiger partial charge in [-0.2, -0.15) is 5.10 Å². The Morgan fingerprint density at radius 1 is 1.47 bits per heavy atom. The zero-order valence-electron chi connectivity index (χ0n) is 11.5. The van der Waals surface area contributed by atoms with E-state index in [1.54, 1.807) is 15.6 Å². The maximum Gasteiger partial charge on any atom is 0.308 e. The summed E-state index contributed by atoms with van der Waals surface area (Å²) in [6.45, 7) is 7.04. The monoisotopic (exact) mass is 265 g/mol. The fourth-order valence-corrected chi connectivity index (χ4v) is 2.57. The van der Waals surface area contributed by atoms with Gasteiger partial charge in [-0.05, 0) is 25.8 Å². The Morgan fingerprint density at radius 3 is 2.68 bits per heavy atom. The summed E-state index contributed by atoms with van der Waals surface area (Å²) in [6.07, 6.45) is 0. The summed E-state index contributed by atoms with van der Waals surface area (Å²) >= 11 is 0. The number of likely N-dealkylation sites (tertiary alicyclic amines) is 1. The van der Waals surface area contributed by atoms with Crippen LogP contribution >= 0.6 is 0 Å². The number of rotatable bonds is 3. The summed E-state index contributed by atoms with van der Waals surface area (Å²) in [5.41, 5.74) is 1.34. The Hall–Kier alpha value is -1.85. The number of carbonyl (C=O) groups is 2. The molecular formula is C13H19N3O3. The van der Waals surface area contributed by atoms with Crippen LogP contribution in [0.15, 0.2) is 6.07 Å². The summed E-state index contributed by atoms with van der Waals surface area (Å²) in [4.78, 5) is 25.1.